The quantitative estimate of drug-likeness (QED) is 0.280. The van der Waals surface area contributed by atoms with Crippen molar-refractivity contribution in [1.29, 1.82) is 0 Å². The molecule has 1 aliphatic carbocycles. The van der Waals surface area contributed by atoms with Crippen molar-refractivity contribution in [3.63, 3.8) is 0 Å². The average molecular weight is 540 g/mol. The van der Waals surface area contributed by atoms with Gasteiger partial charge in [-0.2, -0.15) is 5.10 Å². The van der Waals surface area contributed by atoms with Crippen LogP contribution in [-0.2, 0) is 0 Å². The second-order valence-corrected chi connectivity index (χ2v) is 9.72. The summed E-state index contributed by atoms with van der Waals surface area (Å²) >= 11 is 12.3. The molecule has 6 rings (SSSR count). The maximum Gasteiger partial charge on any atom is 0.293 e. The van der Waals surface area contributed by atoms with E-state index in [4.69, 9.17) is 28.2 Å². The zero-order valence-electron chi connectivity index (χ0n) is 19.2. The van der Waals surface area contributed by atoms with Crippen molar-refractivity contribution < 1.29 is 13.5 Å². The Morgan fingerprint density at radius 1 is 1.00 bits per heavy atom. The Balaban J connectivity index is 1.37. The summed E-state index contributed by atoms with van der Waals surface area (Å²) < 4.78 is 32.9. The van der Waals surface area contributed by atoms with E-state index < -0.39 is 11.6 Å². The van der Waals surface area contributed by atoms with Crippen molar-refractivity contribution in [3.05, 3.63) is 89.0 Å². The first-order chi connectivity index (χ1) is 18.0. The number of H-pyrrole nitrogens is 1. The molecule has 1 N–H and O–H groups in total. The molecule has 1 unspecified atom stereocenters. The monoisotopic (exact) mass is 539 g/mol. The number of nitrogens with zero attached hydrogens (tertiary/aromatic N) is 7. The van der Waals surface area contributed by atoms with Crippen LogP contribution in [0.4, 0.5) is 8.78 Å². The van der Waals surface area contributed by atoms with Gasteiger partial charge in [-0.05, 0) is 30.5 Å². The van der Waals surface area contributed by atoms with E-state index in [1.165, 1.54) is 23.3 Å². The number of pyridine rings is 2. The van der Waals surface area contributed by atoms with E-state index in [0.29, 0.717) is 22.7 Å². The normalized spacial score (nSPS) is 14.2. The minimum atomic E-state index is -0.571. The van der Waals surface area contributed by atoms with Crippen LogP contribution in [0.3, 0.4) is 0 Å². The molecule has 1 atom stereocenters. The van der Waals surface area contributed by atoms with E-state index in [1.54, 1.807) is 35.4 Å². The number of rotatable bonds is 7. The van der Waals surface area contributed by atoms with Crippen LogP contribution in [0.25, 0.3) is 27.9 Å². The third-order valence-electron chi connectivity index (χ3n) is 6.44. The highest BCUT2D eigenvalue weighted by Gasteiger charge is 2.29. The summed E-state index contributed by atoms with van der Waals surface area (Å²) in [5.74, 6) is -0.530. The van der Waals surface area contributed by atoms with Crippen LogP contribution in [0.2, 0.25) is 10.0 Å². The lowest BCUT2D eigenvalue weighted by Crippen LogP contribution is -2.33. The van der Waals surface area contributed by atoms with Gasteiger partial charge in [-0.15, -0.1) is 4.68 Å². The first kappa shape index (κ1) is 23.6. The van der Waals surface area contributed by atoms with E-state index in [2.05, 4.69) is 25.6 Å². The topological polar surface area (TPSA) is 89.0 Å². The summed E-state index contributed by atoms with van der Waals surface area (Å²) in [4.78, 5) is 8.48. The number of nitrogens with one attached hydrogen (secondary N) is 1. The van der Waals surface area contributed by atoms with E-state index in [1.807, 2.05) is 6.07 Å². The Labute approximate surface area is 219 Å². The highest BCUT2D eigenvalue weighted by Crippen LogP contribution is 2.40. The van der Waals surface area contributed by atoms with Crippen molar-refractivity contribution in [2.75, 3.05) is 0 Å². The van der Waals surface area contributed by atoms with Gasteiger partial charge < -0.3 is 0 Å². The number of aromatic nitrogens is 8. The standard InChI is InChI=1S/C25H18Cl2F2N8/c26-17-4-6-21(37-13-32-34-35-37)24(25(17)29)15-3-5-20(31-8-15)22(7-14-1-2-14)36-12-16(9-33-36)23-18(27)10-30-11-19(23)28/h3-6,8-14,22H,1-2,7H2/p+1. The van der Waals surface area contributed by atoms with Crippen LogP contribution >= 0.6 is 23.2 Å². The number of hydrogen-bond donors (Lipinski definition) is 1. The zero-order valence-corrected chi connectivity index (χ0v) is 20.7. The Morgan fingerprint density at radius 3 is 2.57 bits per heavy atom. The Hall–Kier alpha value is -3.76. The van der Waals surface area contributed by atoms with Gasteiger partial charge in [0.05, 0.1) is 39.7 Å². The molecule has 4 heterocycles. The van der Waals surface area contributed by atoms with Gasteiger partial charge >= 0.3 is 0 Å². The Bertz CT molecular complexity index is 1550. The van der Waals surface area contributed by atoms with Crippen LogP contribution in [0, 0.1) is 17.6 Å². The fourth-order valence-corrected chi connectivity index (χ4v) is 4.83. The predicted molar refractivity (Wildman–Crippen MR) is 132 cm³/mol. The van der Waals surface area contributed by atoms with E-state index in [-0.39, 0.29) is 27.2 Å². The minimum Gasteiger partial charge on any atom is -0.263 e. The summed E-state index contributed by atoms with van der Waals surface area (Å²) in [7, 11) is 0. The summed E-state index contributed by atoms with van der Waals surface area (Å²) in [6.07, 6.45) is 12.0. The van der Waals surface area contributed by atoms with Crippen molar-refractivity contribution in [2.24, 2.45) is 5.92 Å². The lowest BCUT2D eigenvalue weighted by molar-refractivity contribution is -0.659. The van der Waals surface area contributed by atoms with Crippen molar-refractivity contribution in [1.82, 2.24) is 35.3 Å². The zero-order chi connectivity index (χ0) is 25.5. The first-order valence-electron chi connectivity index (χ1n) is 11.6. The molecule has 12 heteroatoms. The molecule has 0 spiro atoms. The lowest BCUT2D eigenvalue weighted by atomic mass is 10.0. The van der Waals surface area contributed by atoms with Crippen LogP contribution in [-0.4, -0.2) is 35.3 Å². The molecule has 1 aromatic carbocycles. The third-order valence-corrected chi connectivity index (χ3v) is 7.02. The van der Waals surface area contributed by atoms with E-state index in [9.17, 15) is 4.39 Å². The summed E-state index contributed by atoms with van der Waals surface area (Å²) in [5, 5.41) is 14.9. The van der Waals surface area contributed by atoms with Gasteiger partial charge in [-0.3, -0.25) is 14.6 Å². The molecule has 4 aromatic heterocycles. The number of benzene rings is 1. The molecular weight excluding hydrogens is 521 g/mol. The molecule has 0 bridgehead atoms. The fraction of sp³-hybridized carbons (Fsp3) is 0.200. The summed E-state index contributed by atoms with van der Waals surface area (Å²) in [6.45, 7) is 0. The van der Waals surface area contributed by atoms with Crippen LogP contribution in [0.5, 0.6) is 0 Å². The molecule has 1 aliphatic rings. The largest absolute Gasteiger partial charge is 0.293 e. The molecule has 0 saturated heterocycles. The van der Waals surface area contributed by atoms with Gasteiger partial charge in [-0.1, -0.05) is 47.3 Å². The second kappa shape index (κ2) is 9.60. The van der Waals surface area contributed by atoms with E-state index >= 15 is 4.39 Å². The third kappa shape index (κ3) is 4.58. The minimum absolute atomic E-state index is 0.00594. The molecule has 186 valence electrons. The van der Waals surface area contributed by atoms with Crippen molar-refractivity contribution >= 4 is 23.2 Å². The molecule has 5 aromatic rings. The van der Waals surface area contributed by atoms with Crippen LogP contribution in [0.1, 0.15) is 31.0 Å². The maximum atomic E-state index is 15.2. The molecule has 0 aliphatic heterocycles. The van der Waals surface area contributed by atoms with Crippen molar-refractivity contribution in [3.8, 4) is 27.9 Å². The van der Waals surface area contributed by atoms with Gasteiger partial charge in [0.2, 0.25) is 0 Å². The van der Waals surface area contributed by atoms with Crippen molar-refractivity contribution in [2.45, 2.75) is 25.3 Å². The van der Waals surface area contributed by atoms with Crippen LogP contribution < -0.4 is 4.68 Å². The Morgan fingerprint density at radius 2 is 1.86 bits per heavy atom. The Kier molecular flexibility index (Phi) is 6.13. The fourth-order valence-electron chi connectivity index (χ4n) is 4.42. The average Bonchev–Trinajstić information content (AvgIpc) is 3.33. The number of tetrazole rings is 1. The number of hydrogen-bond acceptors (Lipinski definition) is 5. The van der Waals surface area contributed by atoms with Gasteiger partial charge in [0.1, 0.15) is 10.8 Å². The highest BCUT2D eigenvalue weighted by molar-refractivity contribution is 6.33. The lowest BCUT2D eigenvalue weighted by Gasteiger charge is -2.18. The highest BCUT2D eigenvalue weighted by atomic mass is 35.5. The maximum absolute atomic E-state index is 15.2. The number of aromatic amines is 1. The molecule has 8 nitrogen and oxygen atoms in total. The molecule has 37 heavy (non-hydrogen) atoms. The van der Waals surface area contributed by atoms with Gasteiger partial charge in [-0.25, -0.2) is 8.78 Å². The predicted octanol–water partition coefficient (Wildman–Crippen LogP) is 5.38. The first-order valence-corrected chi connectivity index (χ1v) is 12.3. The SMILES string of the molecule is Fc1cncc(Cl)c1-c1cnn(C(CC2CC2)c2ccc(-c3c(-[n+]4cnn[nH]4)ccc(Cl)c3F)cn2)c1. The molecule has 1 saturated carbocycles. The van der Waals surface area contributed by atoms with E-state index in [0.717, 1.165) is 31.2 Å². The van der Waals surface area contributed by atoms with Gasteiger partial charge in [0.25, 0.3) is 6.33 Å². The number of halogens is 4. The summed E-state index contributed by atoms with van der Waals surface area (Å²) in [5.41, 5.74) is 2.86. The smallest absolute Gasteiger partial charge is 0.263 e. The van der Waals surface area contributed by atoms with Gasteiger partial charge in [0.15, 0.2) is 16.8 Å². The molecular formula is C25H19Cl2F2N8+. The molecule has 1 fully saturated rings. The molecule has 0 amide bonds. The summed E-state index contributed by atoms with van der Waals surface area (Å²) in [6, 6.07) is 6.62. The van der Waals surface area contributed by atoms with Crippen LogP contribution in [0.15, 0.2) is 61.6 Å². The van der Waals surface area contributed by atoms with Gasteiger partial charge in [0, 0.05) is 35.3 Å². The second-order valence-electron chi connectivity index (χ2n) is 8.91. The molecule has 0 radical (unpaired) electrons.